The zero-order valence-corrected chi connectivity index (χ0v) is 14.9. The number of benzene rings is 1. The third kappa shape index (κ3) is 5.58. The van der Waals surface area contributed by atoms with Gasteiger partial charge in [0, 0.05) is 18.3 Å². The fourth-order valence-electron chi connectivity index (χ4n) is 2.40. The lowest BCUT2D eigenvalue weighted by atomic mass is 10.2. The molecule has 0 aliphatic rings. The molecule has 0 fully saturated rings. The molecule has 2 rings (SSSR count). The van der Waals surface area contributed by atoms with E-state index >= 15 is 0 Å². The van der Waals surface area contributed by atoms with Gasteiger partial charge in [0.05, 0.1) is 12.2 Å². The fourth-order valence-corrected chi connectivity index (χ4v) is 2.40. The second-order valence-corrected chi connectivity index (χ2v) is 5.76. The molecule has 0 spiro atoms. The SMILES string of the molecule is C/C=C/CCCCOc1cccc(CNC(=O)c2cccnc2N)c1F. The van der Waals surface area contributed by atoms with Crippen LogP contribution in [0.15, 0.2) is 48.7 Å². The summed E-state index contributed by atoms with van der Waals surface area (Å²) in [5.74, 6) is -0.519. The van der Waals surface area contributed by atoms with Crippen LogP contribution in [0.1, 0.15) is 42.1 Å². The van der Waals surface area contributed by atoms with Crippen LogP contribution in [0, 0.1) is 5.82 Å². The third-order valence-corrected chi connectivity index (χ3v) is 3.82. The average Bonchev–Trinajstić information content (AvgIpc) is 2.65. The van der Waals surface area contributed by atoms with Crippen LogP contribution in [-0.2, 0) is 6.54 Å². The topological polar surface area (TPSA) is 77.2 Å². The normalized spacial score (nSPS) is 10.8. The average molecular weight is 357 g/mol. The van der Waals surface area contributed by atoms with Crippen LogP contribution in [-0.4, -0.2) is 17.5 Å². The lowest BCUT2D eigenvalue weighted by Gasteiger charge is -2.11. The van der Waals surface area contributed by atoms with Crippen molar-refractivity contribution in [3.8, 4) is 5.75 Å². The van der Waals surface area contributed by atoms with Crippen molar-refractivity contribution in [1.82, 2.24) is 10.3 Å². The number of aromatic nitrogens is 1. The summed E-state index contributed by atoms with van der Waals surface area (Å²) in [4.78, 5) is 16.0. The maximum Gasteiger partial charge on any atom is 0.255 e. The number of nitrogen functional groups attached to an aromatic ring is 1. The van der Waals surface area contributed by atoms with E-state index in [0.29, 0.717) is 12.2 Å². The first-order valence-corrected chi connectivity index (χ1v) is 8.63. The Balaban J connectivity index is 1.90. The van der Waals surface area contributed by atoms with E-state index in [0.717, 1.165) is 19.3 Å². The van der Waals surface area contributed by atoms with Gasteiger partial charge in [0.15, 0.2) is 11.6 Å². The molecule has 0 radical (unpaired) electrons. The Hall–Kier alpha value is -2.89. The van der Waals surface area contributed by atoms with Crippen LogP contribution >= 0.6 is 0 Å². The van der Waals surface area contributed by atoms with Crippen LogP contribution in [0.2, 0.25) is 0 Å². The van der Waals surface area contributed by atoms with Gasteiger partial charge < -0.3 is 15.8 Å². The molecule has 0 unspecified atom stereocenters. The Morgan fingerprint density at radius 1 is 1.31 bits per heavy atom. The van der Waals surface area contributed by atoms with Gasteiger partial charge >= 0.3 is 0 Å². The minimum Gasteiger partial charge on any atom is -0.491 e. The van der Waals surface area contributed by atoms with Gasteiger partial charge in [-0.15, -0.1) is 0 Å². The number of nitrogens with one attached hydrogen (secondary N) is 1. The fraction of sp³-hybridized carbons (Fsp3) is 0.300. The van der Waals surface area contributed by atoms with E-state index in [1.165, 1.54) is 6.20 Å². The van der Waals surface area contributed by atoms with Crippen molar-refractivity contribution in [2.75, 3.05) is 12.3 Å². The van der Waals surface area contributed by atoms with Crippen LogP contribution in [0.5, 0.6) is 5.75 Å². The van der Waals surface area contributed by atoms with Gasteiger partial charge in [-0.05, 0) is 44.4 Å². The lowest BCUT2D eigenvalue weighted by molar-refractivity contribution is 0.0951. The summed E-state index contributed by atoms with van der Waals surface area (Å²) in [6, 6.07) is 8.10. The highest BCUT2D eigenvalue weighted by Crippen LogP contribution is 2.21. The van der Waals surface area contributed by atoms with Gasteiger partial charge in [0.2, 0.25) is 0 Å². The van der Waals surface area contributed by atoms with Crippen molar-refractivity contribution in [2.45, 2.75) is 32.7 Å². The summed E-state index contributed by atoms with van der Waals surface area (Å²) >= 11 is 0. The standard InChI is InChI=1S/C20H24FN3O2/c1-2-3-4-5-6-13-26-17-11-7-9-15(18(17)21)14-24-20(25)16-10-8-12-23-19(16)22/h2-3,7-12H,4-6,13-14H2,1H3,(H2,22,23)(H,24,25)/b3-2+. The molecule has 26 heavy (non-hydrogen) atoms. The van der Waals surface area contributed by atoms with Gasteiger partial charge in [-0.3, -0.25) is 4.79 Å². The second kappa shape index (κ2) is 10.2. The lowest BCUT2D eigenvalue weighted by Crippen LogP contribution is -2.24. The number of carbonyl (C=O) groups excluding carboxylic acids is 1. The summed E-state index contributed by atoms with van der Waals surface area (Å²) in [6.07, 6.45) is 8.45. The number of ether oxygens (including phenoxy) is 1. The highest BCUT2D eigenvalue weighted by Gasteiger charge is 2.13. The van der Waals surface area contributed by atoms with E-state index in [2.05, 4.69) is 16.4 Å². The molecular weight excluding hydrogens is 333 g/mol. The number of allylic oxidation sites excluding steroid dienone is 2. The highest BCUT2D eigenvalue weighted by atomic mass is 19.1. The van der Waals surface area contributed by atoms with Crippen LogP contribution in [0.4, 0.5) is 10.2 Å². The number of anilines is 1. The molecule has 0 atom stereocenters. The minimum absolute atomic E-state index is 0.0392. The minimum atomic E-state index is -0.458. The summed E-state index contributed by atoms with van der Waals surface area (Å²) in [5.41, 5.74) is 6.29. The first-order valence-electron chi connectivity index (χ1n) is 8.63. The molecule has 138 valence electrons. The van der Waals surface area contributed by atoms with Crippen LogP contribution in [0.25, 0.3) is 0 Å². The number of unbranched alkanes of at least 4 members (excludes halogenated alkanes) is 2. The predicted molar refractivity (Wildman–Crippen MR) is 100 cm³/mol. The van der Waals surface area contributed by atoms with E-state index in [9.17, 15) is 9.18 Å². The number of hydrogen-bond donors (Lipinski definition) is 2. The van der Waals surface area contributed by atoms with Crippen molar-refractivity contribution in [2.24, 2.45) is 0 Å². The van der Waals surface area contributed by atoms with E-state index in [1.807, 2.05) is 13.0 Å². The Bertz CT molecular complexity index is 762. The maximum atomic E-state index is 14.5. The number of hydrogen-bond acceptors (Lipinski definition) is 4. The Morgan fingerprint density at radius 2 is 2.15 bits per heavy atom. The predicted octanol–water partition coefficient (Wildman–Crippen LogP) is 3.86. The molecule has 0 aliphatic carbocycles. The van der Waals surface area contributed by atoms with Crippen molar-refractivity contribution >= 4 is 11.7 Å². The van der Waals surface area contributed by atoms with Gasteiger partial charge in [-0.1, -0.05) is 24.3 Å². The number of pyridine rings is 1. The van der Waals surface area contributed by atoms with Gasteiger partial charge in [-0.25, -0.2) is 9.37 Å². The number of rotatable bonds is 9. The molecule has 5 nitrogen and oxygen atoms in total. The largest absolute Gasteiger partial charge is 0.491 e. The molecule has 1 heterocycles. The van der Waals surface area contributed by atoms with Crippen molar-refractivity contribution < 1.29 is 13.9 Å². The second-order valence-electron chi connectivity index (χ2n) is 5.76. The molecule has 0 saturated carbocycles. The van der Waals surface area contributed by atoms with Gasteiger partial charge in [0.25, 0.3) is 5.91 Å². The third-order valence-electron chi connectivity index (χ3n) is 3.82. The Kier molecular flexibility index (Phi) is 7.61. The molecule has 0 bridgehead atoms. The molecule has 2 aromatic rings. The highest BCUT2D eigenvalue weighted by molar-refractivity contribution is 5.98. The molecule has 1 aromatic heterocycles. The van der Waals surface area contributed by atoms with Crippen molar-refractivity contribution in [3.05, 3.63) is 65.6 Å². The zero-order valence-electron chi connectivity index (χ0n) is 14.9. The quantitative estimate of drug-likeness (QED) is 0.528. The Labute approximate surface area is 153 Å². The van der Waals surface area contributed by atoms with Gasteiger partial charge in [-0.2, -0.15) is 0 Å². The van der Waals surface area contributed by atoms with Crippen LogP contribution < -0.4 is 15.8 Å². The summed E-state index contributed by atoms with van der Waals surface area (Å²) in [6.45, 7) is 2.48. The molecule has 1 aromatic carbocycles. The number of nitrogens with two attached hydrogens (primary N) is 1. The monoisotopic (exact) mass is 357 g/mol. The van der Waals surface area contributed by atoms with Crippen LogP contribution in [0.3, 0.4) is 0 Å². The van der Waals surface area contributed by atoms with E-state index < -0.39 is 11.7 Å². The zero-order chi connectivity index (χ0) is 18.8. The van der Waals surface area contributed by atoms with Crippen molar-refractivity contribution in [3.63, 3.8) is 0 Å². The van der Waals surface area contributed by atoms with Gasteiger partial charge in [0.1, 0.15) is 5.82 Å². The summed E-state index contributed by atoms with van der Waals surface area (Å²) < 4.78 is 20.0. The number of nitrogens with zero attached hydrogens (tertiary/aromatic N) is 1. The molecule has 3 N–H and O–H groups in total. The molecule has 0 aliphatic heterocycles. The maximum absolute atomic E-state index is 14.5. The smallest absolute Gasteiger partial charge is 0.255 e. The number of carbonyl (C=O) groups is 1. The first-order chi connectivity index (χ1) is 12.6. The van der Waals surface area contributed by atoms with Crippen molar-refractivity contribution in [1.29, 1.82) is 0 Å². The molecule has 6 heteroatoms. The Morgan fingerprint density at radius 3 is 2.92 bits per heavy atom. The van der Waals surface area contributed by atoms with E-state index in [1.54, 1.807) is 30.3 Å². The number of amides is 1. The van der Waals surface area contributed by atoms with E-state index in [4.69, 9.17) is 10.5 Å². The molecule has 0 saturated heterocycles. The number of halogens is 1. The first kappa shape index (κ1) is 19.4. The molecular formula is C20H24FN3O2. The molecule has 1 amide bonds. The summed E-state index contributed by atoms with van der Waals surface area (Å²) in [5, 5.41) is 2.65. The van der Waals surface area contributed by atoms with E-state index in [-0.39, 0.29) is 23.7 Å². The summed E-state index contributed by atoms with van der Waals surface area (Å²) in [7, 11) is 0.